The fourth-order valence-electron chi connectivity index (χ4n) is 3.76. The monoisotopic (exact) mass is 338 g/mol. The smallest absolute Gasteiger partial charge is 0.354 e. The number of benzene rings is 1. The standard InChI is InChI=1S/C19H18N2O4/c22-17(14-5-6-16(18(23)24)20-11-14)21-9-10-25-19(12-21)8-7-13-3-1-2-4-15(13)19/h1-6,11H,7-10,12H2,(H,23,24). The Hall–Kier alpha value is -2.73. The first-order chi connectivity index (χ1) is 12.1. The van der Waals surface area contributed by atoms with Crippen LogP contribution in [0.4, 0.5) is 0 Å². The molecule has 1 spiro atoms. The van der Waals surface area contributed by atoms with Crippen LogP contribution in [0.15, 0.2) is 42.6 Å². The lowest BCUT2D eigenvalue weighted by atomic mass is 9.93. The Labute approximate surface area is 145 Å². The van der Waals surface area contributed by atoms with Crippen LogP contribution in [0, 0.1) is 0 Å². The Morgan fingerprint density at radius 1 is 1.20 bits per heavy atom. The van der Waals surface area contributed by atoms with Crippen LogP contribution in [0.25, 0.3) is 0 Å². The number of hydrogen-bond donors (Lipinski definition) is 1. The molecule has 1 saturated heterocycles. The van der Waals surface area contributed by atoms with Crippen molar-refractivity contribution in [3.8, 4) is 0 Å². The summed E-state index contributed by atoms with van der Waals surface area (Å²) in [5, 5.41) is 8.92. The largest absolute Gasteiger partial charge is 0.477 e. The number of nitrogens with zero attached hydrogens (tertiary/aromatic N) is 2. The lowest BCUT2D eigenvalue weighted by Crippen LogP contribution is -2.51. The van der Waals surface area contributed by atoms with Gasteiger partial charge in [0.25, 0.3) is 5.91 Å². The maximum atomic E-state index is 12.8. The third kappa shape index (κ3) is 2.68. The molecule has 0 saturated carbocycles. The van der Waals surface area contributed by atoms with Crippen LogP contribution in [-0.2, 0) is 16.8 Å². The summed E-state index contributed by atoms with van der Waals surface area (Å²) in [5.74, 6) is -1.25. The van der Waals surface area contributed by atoms with Gasteiger partial charge in [-0.2, -0.15) is 0 Å². The molecule has 0 radical (unpaired) electrons. The van der Waals surface area contributed by atoms with Crippen LogP contribution in [0.3, 0.4) is 0 Å². The first-order valence-corrected chi connectivity index (χ1v) is 8.30. The zero-order valence-corrected chi connectivity index (χ0v) is 13.6. The van der Waals surface area contributed by atoms with Crippen LogP contribution in [0.1, 0.15) is 38.4 Å². The van der Waals surface area contributed by atoms with Gasteiger partial charge >= 0.3 is 5.97 Å². The van der Waals surface area contributed by atoms with Crippen LogP contribution < -0.4 is 0 Å². The van der Waals surface area contributed by atoms with Gasteiger partial charge in [0.1, 0.15) is 11.3 Å². The highest BCUT2D eigenvalue weighted by Gasteiger charge is 2.44. The molecular formula is C19H18N2O4. The van der Waals surface area contributed by atoms with Gasteiger partial charge < -0.3 is 14.7 Å². The number of aromatic nitrogens is 1. The molecule has 4 rings (SSSR count). The Kier molecular flexibility index (Phi) is 3.77. The van der Waals surface area contributed by atoms with Crippen molar-refractivity contribution in [1.29, 1.82) is 0 Å². The molecule has 1 N–H and O–H groups in total. The molecule has 1 amide bonds. The lowest BCUT2D eigenvalue weighted by Gasteiger charge is -2.41. The average molecular weight is 338 g/mol. The van der Waals surface area contributed by atoms with Crippen molar-refractivity contribution < 1.29 is 19.4 Å². The number of amides is 1. The lowest BCUT2D eigenvalue weighted by molar-refractivity contribution is -0.103. The first kappa shape index (κ1) is 15.8. The molecule has 0 bridgehead atoms. The minimum absolute atomic E-state index is 0.0697. The number of carboxylic acid groups (broad SMARTS) is 1. The Morgan fingerprint density at radius 3 is 2.80 bits per heavy atom. The second-order valence-electron chi connectivity index (χ2n) is 6.46. The topological polar surface area (TPSA) is 79.7 Å². The normalized spacial score (nSPS) is 22.0. The molecule has 1 aromatic carbocycles. The second kappa shape index (κ2) is 5.97. The van der Waals surface area contributed by atoms with Gasteiger partial charge in [-0.05, 0) is 36.1 Å². The number of carbonyl (C=O) groups is 2. The van der Waals surface area contributed by atoms with E-state index in [1.165, 1.54) is 29.5 Å². The van der Waals surface area contributed by atoms with Crippen molar-refractivity contribution in [2.24, 2.45) is 0 Å². The van der Waals surface area contributed by atoms with Gasteiger partial charge in [-0.25, -0.2) is 9.78 Å². The predicted octanol–water partition coefficient (Wildman–Crippen LogP) is 2.09. The van der Waals surface area contributed by atoms with Crippen LogP contribution in [-0.4, -0.2) is 46.6 Å². The van der Waals surface area contributed by atoms with Crippen LogP contribution in [0.2, 0.25) is 0 Å². The van der Waals surface area contributed by atoms with E-state index in [-0.39, 0.29) is 11.6 Å². The molecule has 25 heavy (non-hydrogen) atoms. The average Bonchev–Trinajstić information content (AvgIpc) is 2.99. The third-order valence-corrected chi connectivity index (χ3v) is 5.01. The Bertz CT molecular complexity index is 830. The van der Waals surface area contributed by atoms with Crippen LogP contribution in [0.5, 0.6) is 0 Å². The van der Waals surface area contributed by atoms with Gasteiger partial charge in [-0.15, -0.1) is 0 Å². The molecule has 1 aromatic heterocycles. The maximum absolute atomic E-state index is 12.8. The summed E-state index contributed by atoms with van der Waals surface area (Å²) in [7, 11) is 0. The molecule has 6 heteroatoms. The summed E-state index contributed by atoms with van der Waals surface area (Å²) in [6.07, 6.45) is 3.15. The number of aryl methyl sites for hydroxylation is 1. The van der Waals surface area contributed by atoms with Gasteiger partial charge in [0, 0.05) is 12.7 Å². The van der Waals surface area contributed by atoms with Gasteiger partial charge in [-0.1, -0.05) is 24.3 Å². The van der Waals surface area contributed by atoms with E-state index in [2.05, 4.69) is 17.1 Å². The molecule has 1 aliphatic carbocycles. The van der Waals surface area contributed by atoms with Crippen molar-refractivity contribution in [2.45, 2.75) is 18.4 Å². The molecular weight excluding hydrogens is 320 g/mol. The number of rotatable bonds is 2. The number of carboxylic acids is 1. The second-order valence-corrected chi connectivity index (χ2v) is 6.46. The zero-order valence-electron chi connectivity index (χ0n) is 13.6. The van der Waals surface area contributed by atoms with E-state index in [1.54, 1.807) is 4.90 Å². The molecule has 128 valence electrons. The molecule has 1 unspecified atom stereocenters. The minimum atomic E-state index is -1.10. The summed E-state index contributed by atoms with van der Waals surface area (Å²) in [6, 6.07) is 11.1. The van der Waals surface area contributed by atoms with E-state index in [1.807, 2.05) is 12.1 Å². The number of carbonyl (C=O) groups excluding carboxylic acids is 1. The van der Waals surface area contributed by atoms with Crippen molar-refractivity contribution in [3.63, 3.8) is 0 Å². The minimum Gasteiger partial charge on any atom is -0.477 e. The Morgan fingerprint density at radius 2 is 2.04 bits per heavy atom. The molecule has 2 heterocycles. The Balaban J connectivity index is 1.57. The maximum Gasteiger partial charge on any atom is 0.354 e. The third-order valence-electron chi connectivity index (χ3n) is 5.01. The van der Waals surface area contributed by atoms with E-state index in [0.29, 0.717) is 25.3 Å². The molecule has 2 aromatic rings. The predicted molar refractivity (Wildman–Crippen MR) is 89.5 cm³/mol. The van der Waals surface area contributed by atoms with E-state index < -0.39 is 11.6 Å². The van der Waals surface area contributed by atoms with Crippen molar-refractivity contribution in [1.82, 2.24) is 9.88 Å². The summed E-state index contributed by atoms with van der Waals surface area (Å²) in [6.45, 7) is 1.51. The molecule has 1 fully saturated rings. The van der Waals surface area contributed by atoms with Crippen LogP contribution >= 0.6 is 0 Å². The van der Waals surface area contributed by atoms with E-state index in [0.717, 1.165) is 12.8 Å². The SMILES string of the molecule is O=C(O)c1ccc(C(=O)N2CCOC3(CCc4ccccc43)C2)cn1. The molecule has 1 atom stereocenters. The number of hydrogen-bond acceptors (Lipinski definition) is 4. The van der Waals surface area contributed by atoms with Gasteiger partial charge in [0.15, 0.2) is 0 Å². The number of ether oxygens (including phenoxy) is 1. The fourth-order valence-corrected chi connectivity index (χ4v) is 3.76. The van der Waals surface area contributed by atoms with Crippen molar-refractivity contribution in [3.05, 3.63) is 65.0 Å². The molecule has 2 aliphatic rings. The number of morpholine rings is 1. The summed E-state index contributed by atoms with van der Waals surface area (Å²) >= 11 is 0. The summed E-state index contributed by atoms with van der Waals surface area (Å²) in [4.78, 5) is 29.3. The van der Waals surface area contributed by atoms with Gasteiger partial charge in [-0.3, -0.25) is 4.79 Å². The van der Waals surface area contributed by atoms with E-state index >= 15 is 0 Å². The number of aromatic carboxylic acids is 1. The van der Waals surface area contributed by atoms with Gasteiger partial charge in [0.05, 0.1) is 18.7 Å². The van der Waals surface area contributed by atoms with Crippen molar-refractivity contribution in [2.75, 3.05) is 19.7 Å². The quantitative estimate of drug-likeness (QED) is 0.907. The van der Waals surface area contributed by atoms with Crippen molar-refractivity contribution >= 4 is 11.9 Å². The highest BCUT2D eigenvalue weighted by Crippen LogP contribution is 2.42. The summed E-state index contributed by atoms with van der Waals surface area (Å²) < 4.78 is 6.13. The first-order valence-electron chi connectivity index (χ1n) is 8.30. The molecule has 1 aliphatic heterocycles. The highest BCUT2D eigenvalue weighted by molar-refractivity contribution is 5.95. The highest BCUT2D eigenvalue weighted by atomic mass is 16.5. The zero-order chi connectivity index (χ0) is 17.4. The number of fused-ring (bicyclic) bond motifs is 2. The van der Waals surface area contributed by atoms with E-state index in [4.69, 9.17) is 9.84 Å². The fraction of sp³-hybridized carbons (Fsp3) is 0.316. The van der Waals surface area contributed by atoms with Gasteiger partial charge in [0.2, 0.25) is 0 Å². The summed E-state index contributed by atoms with van der Waals surface area (Å²) in [5.41, 5.74) is 2.35. The number of pyridine rings is 1. The van der Waals surface area contributed by atoms with E-state index in [9.17, 15) is 9.59 Å². The molecule has 6 nitrogen and oxygen atoms in total.